The maximum Gasteiger partial charge on any atom is 0.414 e. The highest BCUT2D eigenvalue weighted by Gasteiger charge is 2.24. The van der Waals surface area contributed by atoms with Gasteiger partial charge in [-0.05, 0) is 24.3 Å². The Kier molecular flexibility index (Phi) is 8.27. The number of benzene rings is 2. The van der Waals surface area contributed by atoms with Gasteiger partial charge in [-0.25, -0.2) is 9.59 Å². The summed E-state index contributed by atoms with van der Waals surface area (Å²) < 4.78 is 0. The van der Waals surface area contributed by atoms with E-state index in [0.717, 1.165) is 11.4 Å². The summed E-state index contributed by atoms with van der Waals surface area (Å²) in [7, 11) is 0. The predicted octanol–water partition coefficient (Wildman–Crippen LogP) is 1.39. The van der Waals surface area contributed by atoms with Gasteiger partial charge in [-0.1, -0.05) is 36.0 Å². The lowest BCUT2D eigenvalue weighted by atomic mass is 10.2. The zero-order valence-corrected chi connectivity index (χ0v) is 15.8. The van der Waals surface area contributed by atoms with Crippen LogP contribution in [0.25, 0.3) is 0 Å². The predicted molar refractivity (Wildman–Crippen MR) is 105 cm³/mol. The summed E-state index contributed by atoms with van der Waals surface area (Å²) in [4.78, 5) is 22.8. The fraction of sp³-hybridized carbons (Fsp3) is 0.263. The zero-order chi connectivity index (χ0) is 20.5. The van der Waals surface area contributed by atoms with E-state index in [2.05, 4.69) is 34.5 Å². The monoisotopic (exact) mass is 406 g/mol. The van der Waals surface area contributed by atoms with Gasteiger partial charge < -0.3 is 30.6 Å². The number of rotatable bonds is 6. The molecule has 0 aliphatic carbocycles. The van der Waals surface area contributed by atoms with Crippen LogP contribution in [-0.2, 0) is 9.59 Å². The molecule has 150 valence electrons. The van der Waals surface area contributed by atoms with E-state index in [9.17, 15) is 5.11 Å². The smallest absolute Gasteiger partial charge is 0.414 e. The van der Waals surface area contributed by atoms with Gasteiger partial charge in [0.1, 0.15) is 0 Å². The van der Waals surface area contributed by atoms with Crippen molar-refractivity contribution in [1.29, 1.82) is 0 Å². The van der Waals surface area contributed by atoms with Crippen molar-refractivity contribution >= 4 is 35.1 Å². The molecule has 0 amide bonds. The van der Waals surface area contributed by atoms with Crippen molar-refractivity contribution in [2.45, 2.75) is 15.9 Å². The number of aliphatic hydroxyl groups excluding tert-OH is 2. The van der Waals surface area contributed by atoms with Crippen molar-refractivity contribution in [3.05, 3.63) is 48.5 Å². The van der Waals surface area contributed by atoms with E-state index < -0.39 is 18.0 Å². The minimum Gasteiger partial charge on any atom is -0.473 e. The van der Waals surface area contributed by atoms with Gasteiger partial charge in [-0.2, -0.15) is 0 Å². The molecule has 1 heterocycles. The number of aliphatic carboxylic acids is 2. The molecule has 0 fully saturated rings. The Morgan fingerprint density at radius 1 is 0.964 bits per heavy atom. The van der Waals surface area contributed by atoms with Crippen LogP contribution in [0.1, 0.15) is 0 Å². The molecule has 0 saturated heterocycles. The standard InChI is InChI=1S/C17H20N2O2S.C2H2O4/c20-10-9-18-11-13(21)12-19-14-5-1-3-7-16(14)22-17-8-4-2-6-15(17)19;3-1(4)2(5)6/h1-8,13,18,20-21H,9-12H2;(H,3,4)(H,5,6). The van der Waals surface area contributed by atoms with Gasteiger partial charge in [0.2, 0.25) is 0 Å². The third-order valence-corrected chi connectivity index (χ3v) is 4.91. The number of β-amino-alcohol motifs (C(OH)–C–C–N with tert-alkyl or cyclic N) is 1. The summed E-state index contributed by atoms with van der Waals surface area (Å²) in [6.07, 6.45) is -0.504. The Balaban J connectivity index is 0.000000409. The van der Waals surface area contributed by atoms with Crippen LogP contribution in [-0.4, -0.2) is 64.7 Å². The molecule has 2 aromatic carbocycles. The maximum absolute atomic E-state index is 10.3. The van der Waals surface area contributed by atoms with Crippen LogP contribution in [0.5, 0.6) is 0 Å². The molecule has 1 aliphatic rings. The van der Waals surface area contributed by atoms with Crippen molar-refractivity contribution in [1.82, 2.24) is 5.32 Å². The van der Waals surface area contributed by atoms with E-state index >= 15 is 0 Å². The Hall–Kier alpha value is -2.59. The first-order valence-electron chi connectivity index (χ1n) is 8.53. The number of carboxylic acids is 2. The van der Waals surface area contributed by atoms with E-state index in [1.807, 2.05) is 24.3 Å². The van der Waals surface area contributed by atoms with Crippen molar-refractivity contribution in [3.63, 3.8) is 0 Å². The molecule has 0 radical (unpaired) electrons. The third-order valence-electron chi connectivity index (χ3n) is 3.78. The second kappa shape index (κ2) is 10.7. The molecule has 0 saturated carbocycles. The number of para-hydroxylation sites is 2. The van der Waals surface area contributed by atoms with Crippen LogP contribution in [0.3, 0.4) is 0 Å². The Bertz CT molecular complexity index is 759. The van der Waals surface area contributed by atoms with Crippen LogP contribution in [0.4, 0.5) is 11.4 Å². The third kappa shape index (κ3) is 5.96. The van der Waals surface area contributed by atoms with Gasteiger partial charge in [-0.3, -0.25) is 0 Å². The molecular formula is C19H22N2O6S. The molecule has 1 aliphatic heterocycles. The lowest BCUT2D eigenvalue weighted by molar-refractivity contribution is -0.159. The molecule has 9 heteroatoms. The van der Waals surface area contributed by atoms with Crippen LogP contribution in [0.15, 0.2) is 58.3 Å². The lowest BCUT2D eigenvalue weighted by Gasteiger charge is -2.34. The molecule has 0 spiro atoms. The van der Waals surface area contributed by atoms with E-state index in [0.29, 0.717) is 19.6 Å². The second-order valence-corrected chi connectivity index (χ2v) is 6.92. The van der Waals surface area contributed by atoms with Crippen molar-refractivity contribution in [2.75, 3.05) is 31.1 Å². The number of carbonyl (C=O) groups is 2. The number of hydrogen-bond acceptors (Lipinski definition) is 7. The van der Waals surface area contributed by atoms with Gasteiger partial charge >= 0.3 is 11.9 Å². The molecule has 1 atom stereocenters. The highest BCUT2D eigenvalue weighted by molar-refractivity contribution is 7.99. The van der Waals surface area contributed by atoms with E-state index in [4.69, 9.17) is 24.9 Å². The van der Waals surface area contributed by atoms with Crippen LogP contribution in [0.2, 0.25) is 0 Å². The minimum atomic E-state index is -1.82. The summed E-state index contributed by atoms with van der Waals surface area (Å²) in [6, 6.07) is 16.5. The Labute approximate surface area is 166 Å². The molecular weight excluding hydrogens is 384 g/mol. The van der Waals surface area contributed by atoms with Gasteiger partial charge in [0.15, 0.2) is 0 Å². The van der Waals surface area contributed by atoms with E-state index in [1.165, 1.54) is 9.79 Å². The highest BCUT2D eigenvalue weighted by Crippen LogP contribution is 2.47. The Morgan fingerprint density at radius 2 is 1.46 bits per heavy atom. The summed E-state index contributed by atoms with van der Waals surface area (Å²) in [5, 5.41) is 36.9. The van der Waals surface area contributed by atoms with Gasteiger partial charge in [0.25, 0.3) is 0 Å². The molecule has 1 unspecified atom stereocenters. The minimum absolute atomic E-state index is 0.0821. The molecule has 0 bridgehead atoms. The summed E-state index contributed by atoms with van der Waals surface area (Å²) >= 11 is 1.76. The average Bonchev–Trinajstić information content (AvgIpc) is 2.68. The largest absolute Gasteiger partial charge is 0.473 e. The number of nitrogens with zero attached hydrogens (tertiary/aromatic N) is 1. The maximum atomic E-state index is 10.3. The van der Waals surface area contributed by atoms with Crippen molar-refractivity contribution in [2.24, 2.45) is 0 Å². The summed E-state index contributed by atoms with van der Waals surface area (Å²) in [5.74, 6) is -3.65. The molecule has 0 aromatic heterocycles. The van der Waals surface area contributed by atoms with E-state index in [-0.39, 0.29) is 6.61 Å². The molecule has 8 nitrogen and oxygen atoms in total. The molecule has 5 N–H and O–H groups in total. The lowest BCUT2D eigenvalue weighted by Crippen LogP contribution is -2.38. The number of hydrogen-bond donors (Lipinski definition) is 5. The summed E-state index contributed by atoms with van der Waals surface area (Å²) in [6.45, 7) is 1.57. The fourth-order valence-electron chi connectivity index (χ4n) is 2.60. The van der Waals surface area contributed by atoms with Gasteiger partial charge in [0, 0.05) is 22.9 Å². The van der Waals surface area contributed by atoms with Crippen LogP contribution in [0, 0.1) is 0 Å². The topological polar surface area (TPSA) is 130 Å². The zero-order valence-electron chi connectivity index (χ0n) is 15.0. The fourth-order valence-corrected chi connectivity index (χ4v) is 3.70. The number of carboxylic acid groups (broad SMARTS) is 2. The van der Waals surface area contributed by atoms with Gasteiger partial charge in [-0.15, -0.1) is 0 Å². The first kappa shape index (κ1) is 21.7. The normalized spacial score (nSPS) is 12.9. The molecule has 2 aromatic rings. The quantitative estimate of drug-likeness (QED) is 0.357. The molecule has 3 rings (SSSR count). The number of fused-ring (bicyclic) bond motifs is 2. The number of aliphatic hydroxyl groups is 2. The summed E-state index contributed by atoms with van der Waals surface area (Å²) in [5.41, 5.74) is 2.26. The highest BCUT2D eigenvalue weighted by atomic mass is 32.2. The first-order valence-corrected chi connectivity index (χ1v) is 9.35. The average molecular weight is 406 g/mol. The molecule has 28 heavy (non-hydrogen) atoms. The van der Waals surface area contributed by atoms with Crippen molar-refractivity contribution < 1.29 is 30.0 Å². The van der Waals surface area contributed by atoms with Gasteiger partial charge in [0.05, 0.1) is 30.6 Å². The van der Waals surface area contributed by atoms with E-state index in [1.54, 1.807) is 11.8 Å². The van der Waals surface area contributed by atoms with Crippen LogP contribution < -0.4 is 10.2 Å². The SMILES string of the molecule is O=C(O)C(=O)O.OCCNCC(O)CN1c2ccccc2Sc2ccccc21. The second-order valence-electron chi connectivity index (χ2n) is 5.84. The van der Waals surface area contributed by atoms with Crippen LogP contribution >= 0.6 is 11.8 Å². The van der Waals surface area contributed by atoms with Crippen molar-refractivity contribution in [3.8, 4) is 0 Å². The number of nitrogens with one attached hydrogen (secondary N) is 1. The Morgan fingerprint density at radius 3 is 1.93 bits per heavy atom. The first-order chi connectivity index (χ1) is 13.4. The number of anilines is 2.